The lowest BCUT2D eigenvalue weighted by Crippen LogP contribution is -2.32. The summed E-state index contributed by atoms with van der Waals surface area (Å²) in [7, 11) is 0. The van der Waals surface area contributed by atoms with Crippen molar-refractivity contribution >= 4 is 5.91 Å². The third-order valence-corrected chi connectivity index (χ3v) is 4.85. The van der Waals surface area contributed by atoms with Gasteiger partial charge < -0.3 is 9.64 Å². The van der Waals surface area contributed by atoms with Crippen molar-refractivity contribution in [2.75, 3.05) is 13.1 Å². The Kier molecular flexibility index (Phi) is 2.42. The Balaban J connectivity index is 1.54. The third kappa shape index (κ3) is 1.70. The van der Waals surface area contributed by atoms with Crippen LogP contribution in [-0.2, 0) is 4.74 Å². The first-order valence-corrected chi connectivity index (χ1v) is 7.11. The number of aryl methyl sites for hydroxylation is 1. The molecule has 0 aliphatic carbocycles. The summed E-state index contributed by atoms with van der Waals surface area (Å²) in [6.45, 7) is 3.62. The molecule has 1 aromatic heterocycles. The molecule has 0 spiro atoms. The number of pyridine rings is 1. The lowest BCUT2D eigenvalue weighted by molar-refractivity contribution is 0.0590. The number of carbonyl (C=O) groups is 1. The molecule has 0 N–H and O–H groups in total. The number of nitrogens with zero attached hydrogens (tertiary/aromatic N) is 2. The highest BCUT2D eigenvalue weighted by molar-refractivity contribution is 5.92. The zero-order valence-corrected chi connectivity index (χ0v) is 11.1. The first kappa shape index (κ1) is 11.4. The maximum absolute atomic E-state index is 12.5. The molecule has 4 heterocycles. The zero-order chi connectivity index (χ0) is 13.0. The Morgan fingerprint density at radius 2 is 1.95 bits per heavy atom. The van der Waals surface area contributed by atoms with E-state index in [0.29, 0.717) is 29.7 Å². The molecule has 2 bridgehead atoms. The van der Waals surface area contributed by atoms with Crippen molar-refractivity contribution in [3.05, 3.63) is 29.6 Å². The van der Waals surface area contributed by atoms with Crippen LogP contribution in [0.3, 0.4) is 0 Å². The second-order valence-electron chi connectivity index (χ2n) is 5.99. The lowest BCUT2D eigenvalue weighted by Gasteiger charge is -2.18. The van der Waals surface area contributed by atoms with Crippen LogP contribution in [0.2, 0.25) is 0 Å². The van der Waals surface area contributed by atoms with Gasteiger partial charge in [0.15, 0.2) is 0 Å². The number of amides is 1. The highest BCUT2D eigenvalue weighted by Gasteiger charge is 2.53. The van der Waals surface area contributed by atoms with E-state index in [1.165, 1.54) is 12.8 Å². The van der Waals surface area contributed by atoms with E-state index >= 15 is 0 Å². The number of likely N-dealkylation sites (tertiary alicyclic amines) is 1. The predicted octanol–water partition coefficient (Wildman–Crippen LogP) is 1.64. The number of rotatable bonds is 1. The van der Waals surface area contributed by atoms with Crippen molar-refractivity contribution in [3.8, 4) is 0 Å². The smallest absolute Gasteiger partial charge is 0.272 e. The molecule has 3 aliphatic heterocycles. The Labute approximate surface area is 112 Å². The molecule has 1 amide bonds. The van der Waals surface area contributed by atoms with Gasteiger partial charge in [-0.3, -0.25) is 4.79 Å². The molecule has 4 nitrogen and oxygen atoms in total. The maximum atomic E-state index is 12.5. The van der Waals surface area contributed by atoms with Crippen molar-refractivity contribution in [2.45, 2.75) is 32.0 Å². The second-order valence-corrected chi connectivity index (χ2v) is 5.99. The molecule has 0 aromatic carbocycles. The van der Waals surface area contributed by atoms with Crippen LogP contribution in [0, 0.1) is 18.8 Å². The maximum Gasteiger partial charge on any atom is 0.272 e. The number of ether oxygens (including phenoxy) is 1. The largest absolute Gasteiger partial charge is 0.374 e. The second kappa shape index (κ2) is 4.04. The molecule has 3 fully saturated rings. The Bertz CT molecular complexity index is 513. The van der Waals surface area contributed by atoms with Crippen molar-refractivity contribution in [3.63, 3.8) is 0 Å². The molecule has 4 atom stereocenters. The van der Waals surface area contributed by atoms with Crippen LogP contribution in [0.25, 0.3) is 0 Å². The molecule has 100 valence electrons. The molecule has 19 heavy (non-hydrogen) atoms. The number of carbonyl (C=O) groups excluding carboxylic acids is 1. The van der Waals surface area contributed by atoms with Crippen molar-refractivity contribution in [1.29, 1.82) is 0 Å². The van der Waals surface area contributed by atoms with Crippen LogP contribution in [0.1, 0.15) is 29.0 Å². The van der Waals surface area contributed by atoms with Crippen LogP contribution in [0.15, 0.2) is 18.2 Å². The Morgan fingerprint density at radius 1 is 1.26 bits per heavy atom. The van der Waals surface area contributed by atoms with Gasteiger partial charge in [-0.15, -0.1) is 0 Å². The molecular weight excluding hydrogens is 240 g/mol. The van der Waals surface area contributed by atoms with Crippen LogP contribution in [-0.4, -0.2) is 41.1 Å². The summed E-state index contributed by atoms with van der Waals surface area (Å²) < 4.78 is 5.94. The van der Waals surface area contributed by atoms with Crippen molar-refractivity contribution in [1.82, 2.24) is 9.88 Å². The first-order valence-electron chi connectivity index (χ1n) is 7.11. The van der Waals surface area contributed by atoms with E-state index in [4.69, 9.17) is 4.74 Å². The average molecular weight is 258 g/mol. The highest BCUT2D eigenvalue weighted by atomic mass is 16.5. The summed E-state index contributed by atoms with van der Waals surface area (Å²) in [5, 5.41) is 0. The SMILES string of the molecule is Cc1cccc(C(=O)N2C[C@@H]3[C@H](C2)[C@H]2CC[C@@H]3O2)n1. The lowest BCUT2D eigenvalue weighted by atomic mass is 9.82. The van der Waals surface area contributed by atoms with E-state index in [1.54, 1.807) is 0 Å². The van der Waals surface area contributed by atoms with E-state index in [2.05, 4.69) is 4.98 Å². The fourth-order valence-corrected chi connectivity index (χ4v) is 3.95. The summed E-state index contributed by atoms with van der Waals surface area (Å²) in [5.74, 6) is 1.21. The summed E-state index contributed by atoms with van der Waals surface area (Å²) in [5.41, 5.74) is 1.47. The van der Waals surface area contributed by atoms with E-state index in [9.17, 15) is 4.79 Å². The van der Waals surface area contributed by atoms with Crippen molar-refractivity contribution < 1.29 is 9.53 Å². The third-order valence-electron chi connectivity index (χ3n) is 4.85. The number of aromatic nitrogens is 1. The molecule has 4 rings (SSSR count). The van der Waals surface area contributed by atoms with Gasteiger partial charge in [-0.1, -0.05) is 6.07 Å². The Morgan fingerprint density at radius 3 is 2.58 bits per heavy atom. The fraction of sp³-hybridized carbons (Fsp3) is 0.600. The van der Waals surface area contributed by atoms with Gasteiger partial charge in [-0.25, -0.2) is 4.98 Å². The molecule has 0 unspecified atom stereocenters. The monoisotopic (exact) mass is 258 g/mol. The Hall–Kier alpha value is -1.42. The topological polar surface area (TPSA) is 42.4 Å². The minimum Gasteiger partial charge on any atom is -0.374 e. The molecule has 0 saturated carbocycles. The quantitative estimate of drug-likeness (QED) is 0.769. The molecule has 3 aliphatic rings. The number of hydrogen-bond donors (Lipinski definition) is 0. The van der Waals surface area contributed by atoms with Crippen molar-refractivity contribution in [2.24, 2.45) is 11.8 Å². The number of fused-ring (bicyclic) bond motifs is 5. The normalized spacial score (nSPS) is 35.7. The summed E-state index contributed by atoms with van der Waals surface area (Å²) in [4.78, 5) is 18.8. The highest BCUT2D eigenvalue weighted by Crippen LogP contribution is 2.47. The van der Waals surface area contributed by atoms with Gasteiger partial charge in [-0.2, -0.15) is 0 Å². The van der Waals surface area contributed by atoms with Gasteiger partial charge in [0.2, 0.25) is 0 Å². The predicted molar refractivity (Wildman–Crippen MR) is 69.8 cm³/mol. The minimum atomic E-state index is 0.0810. The van der Waals surface area contributed by atoms with Crippen LogP contribution in [0.4, 0.5) is 0 Å². The first-order chi connectivity index (χ1) is 9.22. The van der Waals surface area contributed by atoms with Gasteiger partial charge in [0.1, 0.15) is 5.69 Å². The van der Waals surface area contributed by atoms with Gasteiger partial charge in [0, 0.05) is 30.6 Å². The fourth-order valence-electron chi connectivity index (χ4n) is 3.95. The van der Waals surface area contributed by atoms with Crippen LogP contribution < -0.4 is 0 Å². The summed E-state index contributed by atoms with van der Waals surface area (Å²) in [6.07, 6.45) is 3.16. The van der Waals surface area contributed by atoms with E-state index < -0.39 is 0 Å². The van der Waals surface area contributed by atoms with E-state index in [1.807, 2.05) is 30.0 Å². The molecule has 4 heteroatoms. The number of hydrogen-bond acceptors (Lipinski definition) is 3. The van der Waals surface area contributed by atoms with E-state index in [0.717, 1.165) is 18.8 Å². The van der Waals surface area contributed by atoms with Gasteiger partial charge in [0.05, 0.1) is 12.2 Å². The molecule has 3 saturated heterocycles. The van der Waals surface area contributed by atoms with Gasteiger partial charge in [-0.05, 0) is 31.9 Å². The standard InChI is InChI=1S/C15H18N2O2/c1-9-3-2-4-12(16-9)15(18)17-7-10-11(8-17)14-6-5-13(10)19-14/h2-4,10-11,13-14H,5-8H2,1H3/t10-,11+,13+,14-. The summed E-state index contributed by atoms with van der Waals surface area (Å²) in [6, 6.07) is 5.64. The van der Waals surface area contributed by atoms with Gasteiger partial charge >= 0.3 is 0 Å². The summed E-state index contributed by atoms with van der Waals surface area (Å²) >= 11 is 0. The van der Waals surface area contributed by atoms with Gasteiger partial charge in [0.25, 0.3) is 5.91 Å². The minimum absolute atomic E-state index is 0.0810. The molecular formula is C15H18N2O2. The van der Waals surface area contributed by atoms with Crippen LogP contribution >= 0.6 is 0 Å². The molecule has 1 aromatic rings. The van der Waals surface area contributed by atoms with Crippen LogP contribution in [0.5, 0.6) is 0 Å². The van der Waals surface area contributed by atoms with E-state index in [-0.39, 0.29) is 5.91 Å². The molecule has 0 radical (unpaired) electrons. The average Bonchev–Trinajstić information content (AvgIpc) is 3.10. The zero-order valence-electron chi connectivity index (χ0n) is 11.1.